The van der Waals surface area contributed by atoms with Gasteiger partial charge in [-0.15, -0.1) is 0 Å². The van der Waals surface area contributed by atoms with E-state index in [1.54, 1.807) is 6.92 Å². The first-order valence-electron chi connectivity index (χ1n) is 8.30. The Morgan fingerprint density at radius 1 is 1.00 bits per heavy atom. The summed E-state index contributed by atoms with van der Waals surface area (Å²) >= 11 is 0. The van der Waals surface area contributed by atoms with Gasteiger partial charge in [0.05, 0.1) is 19.4 Å². The third-order valence-electron chi connectivity index (χ3n) is 4.49. The lowest BCUT2D eigenvalue weighted by atomic mass is 9.71. The minimum absolute atomic E-state index is 0.0626. The van der Waals surface area contributed by atoms with Crippen molar-refractivity contribution >= 4 is 11.9 Å². The van der Waals surface area contributed by atoms with Crippen molar-refractivity contribution in [3.05, 3.63) is 0 Å². The van der Waals surface area contributed by atoms with Crippen molar-refractivity contribution in [2.45, 2.75) is 72.3 Å². The van der Waals surface area contributed by atoms with Gasteiger partial charge in [-0.1, -0.05) is 26.7 Å². The van der Waals surface area contributed by atoms with Crippen molar-refractivity contribution in [2.75, 3.05) is 6.61 Å². The molecule has 0 N–H and O–H groups in total. The average Bonchev–Trinajstić information content (AvgIpc) is 2.45. The van der Waals surface area contributed by atoms with Crippen LogP contribution >= 0.6 is 0 Å². The number of hydrogen-bond donors (Lipinski definition) is 0. The van der Waals surface area contributed by atoms with Gasteiger partial charge in [-0.25, -0.2) is 0 Å². The molecule has 0 saturated heterocycles. The summed E-state index contributed by atoms with van der Waals surface area (Å²) in [5.41, 5.74) is 0. The number of carbonyl (C=O) groups excluding carboxylic acids is 2. The van der Waals surface area contributed by atoms with E-state index in [9.17, 15) is 9.59 Å². The standard InChI is InChI=1S/C17H30O4/c1-5-20-16(18)10-11-17(19)21-13(4)15-9-7-6-8-14(15)12(2)3/h12-15H,5-11H2,1-4H3. The number of carbonyl (C=O) groups is 2. The SMILES string of the molecule is CCOC(=O)CCC(=O)OC(C)C1CCCCC1C(C)C. The molecule has 1 aliphatic carbocycles. The molecule has 1 fully saturated rings. The van der Waals surface area contributed by atoms with Gasteiger partial charge in [0.15, 0.2) is 0 Å². The lowest BCUT2D eigenvalue weighted by molar-refractivity contribution is -0.156. The second-order valence-corrected chi connectivity index (χ2v) is 6.36. The van der Waals surface area contributed by atoms with Crippen molar-refractivity contribution < 1.29 is 19.1 Å². The van der Waals surface area contributed by atoms with Crippen molar-refractivity contribution in [3.8, 4) is 0 Å². The van der Waals surface area contributed by atoms with E-state index in [4.69, 9.17) is 9.47 Å². The van der Waals surface area contributed by atoms with Crippen LogP contribution in [-0.4, -0.2) is 24.6 Å². The van der Waals surface area contributed by atoms with Gasteiger partial charge in [0.25, 0.3) is 0 Å². The van der Waals surface area contributed by atoms with Crippen LogP contribution < -0.4 is 0 Å². The maximum absolute atomic E-state index is 11.9. The Labute approximate surface area is 128 Å². The maximum Gasteiger partial charge on any atom is 0.306 e. The maximum atomic E-state index is 11.9. The van der Waals surface area contributed by atoms with E-state index in [1.165, 1.54) is 19.3 Å². The number of hydrogen-bond acceptors (Lipinski definition) is 4. The van der Waals surface area contributed by atoms with Crippen LogP contribution in [0.1, 0.15) is 66.2 Å². The molecule has 122 valence electrons. The smallest absolute Gasteiger partial charge is 0.306 e. The van der Waals surface area contributed by atoms with Crippen LogP contribution in [0.3, 0.4) is 0 Å². The molecule has 0 aromatic rings. The van der Waals surface area contributed by atoms with Crippen molar-refractivity contribution in [1.82, 2.24) is 0 Å². The fourth-order valence-electron chi connectivity index (χ4n) is 3.39. The van der Waals surface area contributed by atoms with Gasteiger partial charge in [-0.3, -0.25) is 9.59 Å². The van der Waals surface area contributed by atoms with Crippen LogP contribution in [-0.2, 0) is 19.1 Å². The third-order valence-corrected chi connectivity index (χ3v) is 4.49. The van der Waals surface area contributed by atoms with Crippen molar-refractivity contribution in [2.24, 2.45) is 17.8 Å². The molecule has 1 rings (SSSR count). The van der Waals surface area contributed by atoms with E-state index in [-0.39, 0.29) is 30.9 Å². The van der Waals surface area contributed by atoms with Gasteiger partial charge in [-0.2, -0.15) is 0 Å². The molecule has 0 aromatic carbocycles. The topological polar surface area (TPSA) is 52.6 Å². The Morgan fingerprint density at radius 3 is 2.14 bits per heavy atom. The largest absolute Gasteiger partial charge is 0.466 e. The fourth-order valence-corrected chi connectivity index (χ4v) is 3.39. The van der Waals surface area contributed by atoms with E-state index in [1.807, 2.05) is 6.92 Å². The molecule has 0 aromatic heterocycles. The average molecular weight is 298 g/mol. The zero-order chi connectivity index (χ0) is 15.8. The summed E-state index contributed by atoms with van der Waals surface area (Å²) in [6.45, 7) is 8.60. The highest BCUT2D eigenvalue weighted by Gasteiger charge is 2.33. The van der Waals surface area contributed by atoms with E-state index < -0.39 is 0 Å². The first-order valence-corrected chi connectivity index (χ1v) is 8.30. The first kappa shape index (κ1) is 18.0. The second-order valence-electron chi connectivity index (χ2n) is 6.36. The highest BCUT2D eigenvalue weighted by atomic mass is 16.5. The predicted molar refractivity (Wildman–Crippen MR) is 81.7 cm³/mol. The lowest BCUT2D eigenvalue weighted by Gasteiger charge is -2.37. The Hall–Kier alpha value is -1.06. The molecule has 21 heavy (non-hydrogen) atoms. The molecule has 3 atom stereocenters. The van der Waals surface area contributed by atoms with Gasteiger partial charge in [0.2, 0.25) is 0 Å². The summed E-state index contributed by atoms with van der Waals surface area (Å²) in [6, 6.07) is 0. The summed E-state index contributed by atoms with van der Waals surface area (Å²) in [7, 11) is 0. The Morgan fingerprint density at radius 2 is 1.57 bits per heavy atom. The zero-order valence-electron chi connectivity index (χ0n) is 13.9. The lowest BCUT2D eigenvalue weighted by Crippen LogP contribution is -2.34. The Balaban J connectivity index is 2.41. The summed E-state index contributed by atoms with van der Waals surface area (Å²) in [6.07, 6.45) is 5.02. The van der Waals surface area contributed by atoms with E-state index in [0.29, 0.717) is 24.4 Å². The minimum Gasteiger partial charge on any atom is -0.466 e. The second kappa shape index (κ2) is 9.06. The van der Waals surface area contributed by atoms with E-state index >= 15 is 0 Å². The van der Waals surface area contributed by atoms with Crippen molar-refractivity contribution in [1.29, 1.82) is 0 Å². The van der Waals surface area contributed by atoms with E-state index in [2.05, 4.69) is 13.8 Å². The van der Waals surface area contributed by atoms with Gasteiger partial charge < -0.3 is 9.47 Å². The van der Waals surface area contributed by atoms with Crippen LogP contribution in [0.25, 0.3) is 0 Å². The molecule has 0 radical (unpaired) electrons. The van der Waals surface area contributed by atoms with E-state index in [0.717, 1.165) is 6.42 Å². The molecule has 4 heteroatoms. The van der Waals surface area contributed by atoms with Crippen LogP contribution in [0.5, 0.6) is 0 Å². The molecule has 0 amide bonds. The van der Waals surface area contributed by atoms with Crippen LogP contribution in [0.2, 0.25) is 0 Å². The summed E-state index contributed by atoms with van der Waals surface area (Å²) in [5.74, 6) is 1.08. The van der Waals surface area contributed by atoms with Gasteiger partial charge in [0, 0.05) is 0 Å². The minimum atomic E-state index is -0.333. The van der Waals surface area contributed by atoms with Crippen LogP contribution in [0.15, 0.2) is 0 Å². The molecule has 1 aliphatic rings. The summed E-state index contributed by atoms with van der Waals surface area (Å²) in [4.78, 5) is 23.1. The van der Waals surface area contributed by atoms with Gasteiger partial charge in [-0.05, 0) is 44.4 Å². The molecule has 4 nitrogen and oxygen atoms in total. The highest BCUT2D eigenvalue weighted by molar-refractivity contribution is 5.77. The normalized spacial score (nSPS) is 23.7. The molecule has 0 spiro atoms. The number of esters is 2. The molecular formula is C17H30O4. The van der Waals surface area contributed by atoms with Gasteiger partial charge in [0.1, 0.15) is 6.10 Å². The zero-order valence-corrected chi connectivity index (χ0v) is 13.9. The number of ether oxygens (including phenoxy) is 2. The Kier molecular flexibility index (Phi) is 7.76. The molecule has 3 unspecified atom stereocenters. The molecule has 0 aliphatic heterocycles. The number of rotatable bonds is 7. The fraction of sp³-hybridized carbons (Fsp3) is 0.882. The molecule has 0 heterocycles. The predicted octanol–water partition coefficient (Wildman–Crippen LogP) is 3.72. The molecule has 1 saturated carbocycles. The summed E-state index contributed by atoms with van der Waals surface area (Å²) in [5, 5.41) is 0. The van der Waals surface area contributed by atoms with Crippen molar-refractivity contribution in [3.63, 3.8) is 0 Å². The first-order chi connectivity index (χ1) is 9.95. The molecule has 0 bridgehead atoms. The highest BCUT2D eigenvalue weighted by Crippen LogP contribution is 2.38. The quantitative estimate of drug-likeness (QED) is 0.672. The monoisotopic (exact) mass is 298 g/mol. The molecular weight excluding hydrogens is 268 g/mol. The van der Waals surface area contributed by atoms with Crippen LogP contribution in [0.4, 0.5) is 0 Å². The van der Waals surface area contributed by atoms with Gasteiger partial charge >= 0.3 is 11.9 Å². The van der Waals surface area contributed by atoms with Crippen LogP contribution in [0, 0.1) is 17.8 Å². The third kappa shape index (κ3) is 6.06. The Bertz CT molecular complexity index is 338. The summed E-state index contributed by atoms with van der Waals surface area (Å²) < 4.78 is 10.4.